The van der Waals surface area contributed by atoms with Gasteiger partial charge in [-0.2, -0.15) is 13.2 Å². The molecule has 2 fully saturated rings. The first-order valence-corrected chi connectivity index (χ1v) is 6.81. The van der Waals surface area contributed by atoms with Gasteiger partial charge in [-0.15, -0.1) is 0 Å². The topological polar surface area (TPSA) is 32.3 Å². The third kappa shape index (κ3) is 3.41. The monoisotopic (exact) mass is 278 g/mol. The maximum Gasteiger partial charge on any atom is 0.406 e. The lowest BCUT2D eigenvalue weighted by atomic mass is 9.87. The number of carbonyl (C=O) groups is 1. The Bertz CT molecular complexity index is 346. The Hall–Kier alpha value is -0.780. The number of carbonyl (C=O) groups excluding carboxylic acids is 1. The Morgan fingerprint density at radius 2 is 2.11 bits per heavy atom. The largest absolute Gasteiger partial charge is 0.406 e. The summed E-state index contributed by atoms with van der Waals surface area (Å²) in [6.07, 6.45) is -1.87. The van der Waals surface area contributed by atoms with Crippen LogP contribution in [-0.2, 0) is 4.79 Å². The fourth-order valence-corrected chi connectivity index (χ4v) is 2.77. The first-order valence-electron chi connectivity index (χ1n) is 6.81. The van der Waals surface area contributed by atoms with Crippen LogP contribution in [0.5, 0.6) is 0 Å². The molecule has 19 heavy (non-hydrogen) atoms. The highest BCUT2D eigenvalue weighted by atomic mass is 19.4. The van der Waals surface area contributed by atoms with E-state index < -0.39 is 18.1 Å². The quantitative estimate of drug-likeness (QED) is 0.855. The zero-order chi connectivity index (χ0) is 14.3. The van der Waals surface area contributed by atoms with Gasteiger partial charge in [-0.05, 0) is 45.6 Å². The zero-order valence-corrected chi connectivity index (χ0v) is 11.4. The van der Waals surface area contributed by atoms with Crippen molar-refractivity contribution in [2.45, 2.75) is 45.3 Å². The minimum absolute atomic E-state index is 0.240. The molecule has 1 aliphatic heterocycles. The van der Waals surface area contributed by atoms with Crippen molar-refractivity contribution in [1.82, 2.24) is 10.2 Å². The van der Waals surface area contributed by atoms with E-state index in [-0.39, 0.29) is 17.9 Å². The molecule has 2 rings (SSSR count). The summed E-state index contributed by atoms with van der Waals surface area (Å²) >= 11 is 0. The summed E-state index contributed by atoms with van der Waals surface area (Å²) in [6, 6.07) is -0.313. The molecular weight excluding hydrogens is 257 g/mol. The van der Waals surface area contributed by atoms with Crippen LogP contribution in [-0.4, -0.2) is 42.7 Å². The number of nitrogens with one attached hydrogen (secondary N) is 1. The molecule has 1 saturated carbocycles. The van der Waals surface area contributed by atoms with E-state index in [2.05, 4.69) is 5.32 Å². The zero-order valence-electron chi connectivity index (χ0n) is 11.4. The second-order valence-corrected chi connectivity index (χ2v) is 6.11. The normalized spacial score (nSPS) is 29.3. The molecule has 0 aromatic carbocycles. The van der Waals surface area contributed by atoms with Crippen LogP contribution in [0.15, 0.2) is 0 Å². The van der Waals surface area contributed by atoms with Gasteiger partial charge in [0, 0.05) is 12.6 Å². The van der Waals surface area contributed by atoms with Crippen molar-refractivity contribution >= 4 is 5.91 Å². The molecular formula is C13H21F3N2O. The SMILES string of the molecule is CC(C1CC1)N(CC(F)(F)F)C(=O)C1(C)CCNC1. The van der Waals surface area contributed by atoms with Gasteiger partial charge in [-0.3, -0.25) is 4.79 Å². The van der Waals surface area contributed by atoms with Crippen LogP contribution in [0.4, 0.5) is 13.2 Å². The molecule has 2 unspecified atom stereocenters. The van der Waals surface area contributed by atoms with Gasteiger partial charge in [0.2, 0.25) is 5.91 Å². The van der Waals surface area contributed by atoms with Crippen LogP contribution in [0.25, 0.3) is 0 Å². The lowest BCUT2D eigenvalue weighted by Gasteiger charge is -2.36. The second-order valence-electron chi connectivity index (χ2n) is 6.11. The van der Waals surface area contributed by atoms with Gasteiger partial charge in [-0.25, -0.2) is 0 Å². The Labute approximate surface area is 111 Å². The minimum Gasteiger partial charge on any atom is -0.330 e. The molecule has 0 radical (unpaired) electrons. The van der Waals surface area contributed by atoms with E-state index in [4.69, 9.17) is 0 Å². The lowest BCUT2D eigenvalue weighted by Crippen LogP contribution is -2.51. The molecule has 1 saturated heterocycles. The van der Waals surface area contributed by atoms with E-state index in [1.165, 1.54) is 0 Å². The fourth-order valence-electron chi connectivity index (χ4n) is 2.77. The summed E-state index contributed by atoms with van der Waals surface area (Å²) in [5, 5.41) is 3.07. The highest BCUT2D eigenvalue weighted by Gasteiger charge is 2.46. The Balaban J connectivity index is 2.13. The number of nitrogens with zero attached hydrogens (tertiary/aromatic N) is 1. The van der Waals surface area contributed by atoms with Gasteiger partial charge in [0.15, 0.2) is 0 Å². The van der Waals surface area contributed by atoms with E-state index in [0.29, 0.717) is 19.5 Å². The van der Waals surface area contributed by atoms with Crippen molar-refractivity contribution in [2.24, 2.45) is 11.3 Å². The predicted octanol–water partition coefficient (Wildman–Crippen LogP) is 2.18. The number of amides is 1. The first kappa shape index (κ1) is 14.6. The number of hydrogen-bond acceptors (Lipinski definition) is 2. The summed E-state index contributed by atoms with van der Waals surface area (Å²) in [5.41, 5.74) is -0.686. The van der Waals surface area contributed by atoms with Gasteiger partial charge in [-0.1, -0.05) is 0 Å². The third-order valence-corrected chi connectivity index (χ3v) is 4.29. The smallest absolute Gasteiger partial charge is 0.330 e. The van der Waals surface area contributed by atoms with Crippen LogP contribution in [0.3, 0.4) is 0 Å². The highest BCUT2D eigenvalue weighted by molar-refractivity contribution is 5.83. The summed E-state index contributed by atoms with van der Waals surface area (Å²) in [7, 11) is 0. The maximum absolute atomic E-state index is 12.7. The Kier molecular flexibility index (Phi) is 3.82. The molecule has 1 heterocycles. The number of halogens is 3. The predicted molar refractivity (Wildman–Crippen MR) is 65.5 cm³/mol. The average molecular weight is 278 g/mol. The van der Waals surface area contributed by atoms with Gasteiger partial charge < -0.3 is 10.2 Å². The molecule has 110 valence electrons. The molecule has 0 aromatic heterocycles. The van der Waals surface area contributed by atoms with Crippen molar-refractivity contribution < 1.29 is 18.0 Å². The van der Waals surface area contributed by atoms with E-state index in [9.17, 15) is 18.0 Å². The van der Waals surface area contributed by atoms with Crippen molar-refractivity contribution in [1.29, 1.82) is 0 Å². The van der Waals surface area contributed by atoms with Crippen LogP contribution >= 0.6 is 0 Å². The van der Waals surface area contributed by atoms with E-state index in [1.807, 2.05) is 0 Å². The summed E-state index contributed by atoms with van der Waals surface area (Å²) < 4.78 is 38.1. The van der Waals surface area contributed by atoms with Crippen molar-refractivity contribution in [2.75, 3.05) is 19.6 Å². The molecule has 6 heteroatoms. The molecule has 1 amide bonds. The fraction of sp³-hybridized carbons (Fsp3) is 0.923. The van der Waals surface area contributed by atoms with Gasteiger partial charge >= 0.3 is 6.18 Å². The number of rotatable bonds is 4. The van der Waals surface area contributed by atoms with E-state index in [1.54, 1.807) is 13.8 Å². The second kappa shape index (κ2) is 4.96. The van der Waals surface area contributed by atoms with Crippen LogP contribution in [0, 0.1) is 11.3 Å². The molecule has 1 N–H and O–H groups in total. The molecule has 0 aromatic rings. The molecule has 0 spiro atoms. The highest BCUT2D eigenvalue weighted by Crippen LogP contribution is 2.38. The first-order chi connectivity index (χ1) is 8.73. The summed E-state index contributed by atoms with van der Waals surface area (Å²) in [5.74, 6) is -0.113. The minimum atomic E-state index is -4.33. The maximum atomic E-state index is 12.7. The average Bonchev–Trinajstić information content (AvgIpc) is 3.06. The standard InChI is InChI=1S/C13H21F3N2O/c1-9(10-3-4-10)18(8-13(14,15)16)11(19)12(2)5-6-17-7-12/h9-10,17H,3-8H2,1-2H3. The third-order valence-electron chi connectivity index (χ3n) is 4.29. The van der Waals surface area contributed by atoms with E-state index >= 15 is 0 Å². The van der Waals surface area contributed by atoms with Crippen LogP contribution in [0.1, 0.15) is 33.1 Å². The van der Waals surface area contributed by atoms with Crippen molar-refractivity contribution in [3.8, 4) is 0 Å². The van der Waals surface area contributed by atoms with Crippen molar-refractivity contribution in [3.05, 3.63) is 0 Å². The van der Waals surface area contributed by atoms with Crippen LogP contribution in [0.2, 0.25) is 0 Å². The lowest BCUT2D eigenvalue weighted by molar-refractivity contribution is -0.171. The van der Waals surface area contributed by atoms with E-state index in [0.717, 1.165) is 17.7 Å². The van der Waals surface area contributed by atoms with Gasteiger partial charge in [0.1, 0.15) is 6.54 Å². The summed E-state index contributed by atoms with van der Waals surface area (Å²) in [6.45, 7) is 3.54. The Morgan fingerprint density at radius 3 is 2.53 bits per heavy atom. The summed E-state index contributed by atoms with van der Waals surface area (Å²) in [4.78, 5) is 13.6. The molecule has 1 aliphatic carbocycles. The number of hydrogen-bond donors (Lipinski definition) is 1. The van der Waals surface area contributed by atoms with Gasteiger partial charge in [0.05, 0.1) is 5.41 Å². The van der Waals surface area contributed by atoms with Crippen LogP contribution < -0.4 is 5.32 Å². The molecule has 3 nitrogen and oxygen atoms in total. The molecule has 0 bridgehead atoms. The molecule has 2 atom stereocenters. The van der Waals surface area contributed by atoms with Gasteiger partial charge in [0.25, 0.3) is 0 Å². The van der Waals surface area contributed by atoms with Crippen molar-refractivity contribution in [3.63, 3.8) is 0 Å². The molecule has 2 aliphatic rings. The Morgan fingerprint density at radius 1 is 1.47 bits per heavy atom. The number of alkyl halides is 3.